The largest absolute Gasteiger partial charge is 0.342 e. The van der Waals surface area contributed by atoms with Gasteiger partial charge in [0, 0.05) is 24.8 Å². The minimum atomic E-state index is 0.364. The second-order valence-electron chi connectivity index (χ2n) is 5.27. The summed E-state index contributed by atoms with van der Waals surface area (Å²) in [5, 5.41) is 0.961. The molecule has 0 aromatic carbocycles. The highest BCUT2D eigenvalue weighted by molar-refractivity contribution is 9.09. The maximum atomic E-state index is 11.8. The van der Waals surface area contributed by atoms with Gasteiger partial charge < -0.3 is 9.80 Å². The zero-order chi connectivity index (χ0) is 11.5. The summed E-state index contributed by atoms with van der Waals surface area (Å²) < 4.78 is 0. The molecule has 2 aliphatic rings. The number of carbonyl (C=O) groups excluding carboxylic acids is 1. The summed E-state index contributed by atoms with van der Waals surface area (Å²) in [6.07, 6.45) is 3.25. The van der Waals surface area contributed by atoms with Crippen LogP contribution in [0, 0.1) is 11.8 Å². The van der Waals surface area contributed by atoms with Crippen molar-refractivity contribution in [2.75, 3.05) is 38.6 Å². The van der Waals surface area contributed by atoms with Crippen molar-refractivity contribution in [2.24, 2.45) is 11.8 Å². The van der Waals surface area contributed by atoms with Gasteiger partial charge in [-0.1, -0.05) is 15.9 Å². The minimum Gasteiger partial charge on any atom is -0.342 e. The van der Waals surface area contributed by atoms with Gasteiger partial charge in [-0.15, -0.1) is 0 Å². The lowest BCUT2D eigenvalue weighted by Gasteiger charge is -2.31. The van der Waals surface area contributed by atoms with E-state index >= 15 is 0 Å². The Morgan fingerprint density at radius 1 is 1.31 bits per heavy atom. The molecule has 0 N–H and O–H groups in total. The van der Waals surface area contributed by atoms with Gasteiger partial charge in [-0.2, -0.15) is 0 Å². The van der Waals surface area contributed by atoms with E-state index in [0.29, 0.717) is 11.8 Å². The Morgan fingerprint density at radius 2 is 2.00 bits per heavy atom. The lowest BCUT2D eigenvalue weighted by molar-refractivity contribution is -0.128. The summed E-state index contributed by atoms with van der Waals surface area (Å²) in [5.41, 5.74) is 0. The summed E-state index contributed by atoms with van der Waals surface area (Å²) in [5.74, 6) is 1.64. The molecule has 2 saturated heterocycles. The summed E-state index contributed by atoms with van der Waals surface area (Å²) in [6.45, 7) is 4.34. The smallest absolute Gasteiger partial charge is 0.222 e. The molecule has 1 amide bonds. The first-order valence-corrected chi connectivity index (χ1v) is 7.33. The van der Waals surface area contributed by atoms with Crippen LogP contribution in [-0.2, 0) is 4.79 Å². The average Bonchev–Trinajstić information content (AvgIpc) is 2.63. The fraction of sp³-hybridized carbons (Fsp3) is 0.917. The number of rotatable bonds is 3. The number of nitrogens with zero attached hydrogens (tertiary/aromatic N) is 2. The minimum absolute atomic E-state index is 0.364. The van der Waals surface area contributed by atoms with E-state index in [1.165, 1.54) is 25.9 Å². The van der Waals surface area contributed by atoms with Crippen molar-refractivity contribution < 1.29 is 4.79 Å². The van der Waals surface area contributed by atoms with Crippen molar-refractivity contribution in [3.05, 3.63) is 0 Å². The highest BCUT2D eigenvalue weighted by Crippen LogP contribution is 2.24. The van der Waals surface area contributed by atoms with Crippen molar-refractivity contribution in [1.29, 1.82) is 0 Å². The van der Waals surface area contributed by atoms with Gasteiger partial charge in [-0.3, -0.25) is 4.79 Å². The third-order valence-electron chi connectivity index (χ3n) is 3.83. The Labute approximate surface area is 106 Å². The Balaban J connectivity index is 1.79. The number of piperidine rings is 1. The van der Waals surface area contributed by atoms with Crippen LogP contribution in [-0.4, -0.2) is 54.3 Å². The van der Waals surface area contributed by atoms with Gasteiger partial charge in [0.25, 0.3) is 0 Å². The number of hydrogen-bond acceptors (Lipinski definition) is 2. The van der Waals surface area contributed by atoms with E-state index in [4.69, 9.17) is 0 Å². The van der Waals surface area contributed by atoms with Crippen LogP contribution in [0.5, 0.6) is 0 Å². The first-order chi connectivity index (χ1) is 7.69. The van der Waals surface area contributed by atoms with E-state index in [0.717, 1.165) is 30.8 Å². The van der Waals surface area contributed by atoms with E-state index < -0.39 is 0 Å². The third kappa shape index (κ3) is 2.98. The molecule has 0 bridgehead atoms. The first kappa shape index (κ1) is 12.4. The van der Waals surface area contributed by atoms with Gasteiger partial charge >= 0.3 is 0 Å². The average molecular weight is 289 g/mol. The molecular weight excluding hydrogens is 268 g/mol. The molecule has 0 aromatic heterocycles. The van der Waals surface area contributed by atoms with Crippen molar-refractivity contribution >= 4 is 21.8 Å². The van der Waals surface area contributed by atoms with Gasteiger partial charge in [0.2, 0.25) is 5.91 Å². The molecule has 0 aliphatic carbocycles. The molecule has 92 valence electrons. The fourth-order valence-corrected chi connectivity index (χ4v) is 3.12. The number of alkyl halides is 1. The van der Waals surface area contributed by atoms with Gasteiger partial charge in [-0.25, -0.2) is 0 Å². The predicted octanol–water partition coefficient (Wildman–Crippen LogP) is 1.57. The lowest BCUT2D eigenvalue weighted by Crippen LogP contribution is -2.37. The van der Waals surface area contributed by atoms with Crippen LogP contribution in [0.3, 0.4) is 0 Å². The number of halogens is 1. The lowest BCUT2D eigenvalue weighted by atomic mass is 9.97. The Kier molecular flexibility index (Phi) is 4.25. The summed E-state index contributed by atoms with van der Waals surface area (Å²) in [6, 6.07) is 0. The Bertz CT molecular complexity index is 251. The van der Waals surface area contributed by atoms with Crippen molar-refractivity contribution in [3.8, 4) is 0 Å². The van der Waals surface area contributed by atoms with Crippen LogP contribution in [0.15, 0.2) is 0 Å². The SMILES string of the molecule is CN1CCC(CN2CC(CBr)CC2=O)CC1. The molecule has 2 aliphatic heterocycles. The topological polar surface area (TPSA) is 23.6 Å². The van der Waals surface area contributed by atoms with E-state index in [1.54, 1.807) is 0 Å². The molecule has 1 unspecified atom stereocenters. The van der Waals surface area contributed by atoms with Gasteiger partial charge in [-0.05, 0) is 44.8 Å². The number of likely N-dealkylation sites (tertiary alicyclic amines) is 2. The highest BCUT2D eigenvalue weighted by Gasteiger charge is 2.30. The molecule has 0 radical (unpaired) electrons. The highest BCUT2D eigenvalue weighted by atomic mass is 79.9. The van der Waals surface area contributed by atoms with Gasteiger partial charge in [0.1, 0.15) is 0 Å². The molecule has 0 aromatic rings. The Hall–Kier alpha value is -0.0900. The number of hydrogen-bond donors (Lipinski definition) is 0. The van der Waals surface area contributed by atoms with Crippen LogP contribution in [0.2, 0.25) is 0 Å². The van der Waals surface area contributed by atoms with Crippen LogP contribution >= 0.6 is 15.9 Å². The Morgan fingerprint density at radius 3 is 2.56 bits per heavy atom. The van der Waals surface area contributed by atoms with E-state index in [-0.39, 0.29) is 0 Å². The number of amides is 1. The van der Waals surface area contributed by atoms with Crippen LogP contribution in [0.1, 0.15) is 19.3 Å². The van der Waals surface area contributed by atoms with Crippen LogP contribution < -0.4 is 0 Å². The first-order valence-electron chi connectivity index (χ1n) is 6.21. The van der Waals surface area contributed by atoms with E-state index in [1.807, 2.05) is 0 Å². The normalized spacial score (nSPS) is 29.0. The monoisotopic (exact) mass is 288 g/mol. The quantitative estimate of drug-likeness (QED) is 0.736. The third-order valence-corrected chi connectivity index (χ3v) is 4.75. The zero-order valence-corrected chi connectivity index (χ0v) is 11.6. The summed E-state index contributed by atoms with van der Waals surface area (Å²) in [4.78, 5) is 16.2. The molecule has 16 heavy (non-hydrogen) atoms. The van der Waals surface area contributed by atoms with Crippen LogP contribution in [0.25, 0.3) is 0 Å². The second-order valence-corrected chi connectivity index (χ2v) is 5.92. The molecular formula is C12H21BrN2O. The molecule has 2 fully saturated rings. The summed E-state index contributed by atoms with van der Waals surface area (Å²) >= 11 is 3.48. The molecule has 4 heteroatoms. The predicted molar refractivity (Wildman–Crippen MR) is 68.7 cm³/mol. The maximum absolute atomic E-state index is 11.8. The zero-order valence-electron chi connectivity index (χ0n) is 9.99. The van der Waals surface area contributed by atoms with Gasteiger partial charge in [0.15, 0.2) is 0 Å². The standard InChI is InChI=1S/C12H21BrN2O/c1-14-4-2-10(3-5-14)8-15-9-11(7-13)6-12(15)16/h10-11H,2-9H2,1H3. The molecule has 2 heterocycles. The van der Waals surface area contributed by atoms with Crippen molar-refractivity contribution in [2.45, 2.75) is 19.3 Å². The van der Waals surface area contributed by atoms with E-state index in [2.05, 4.69) is 32.8 Å². The van der Waals surface area contributed by atoms with Crippen molar-refractivity contribution in [1.82, 2.24) is 9.80 Å². The molecule has 0 saturated carbocycles. The molecule has 3 nitrogen and oxygen atoms in total. The molecule has 2 rings (SSSR count). The second kappa shape index (κ2) is 5.50. The molecule has 0 spiro atoms. The van der Waals surface area contributed by atoms with Gasteiger partial charge in [0.05, 0.1) is 0 Å². The number of carbonyl (C=O) groups is 1. The molecule has 1 atom stereocenters. The summed E-state index contributed by atoms with van der Waals surface area (Å²) in [7, 11) is 2.18. The van der Waals surface area contributed by atoms with Crippen molar-refractivity contribution in [3.63, 3.8) is 0 Å². The van der Waals surface area contributed by atoms with Crippen LogP contribution in [0.4, 0.5) is 0 Å². The van der Waals surface area contributed by atoms with E-state index in [9.17, 15) is 4.79 Å². The maximum Gasteiger partial charge on any atom is 0.222 e. The fourth-order valence-electron chi connectivity index (χ4n) is 2.69.